The minimum absolute atomic E-state index is 0.393. The Balaban J connectivity index is 1.91. The Kier molecular flexibility index (Phi) is 5.43. The lowest BCUT2D eigenvalue weighted by molar-refractivity contribution is -0.0256. The summed E-state index contributed by atoms with van der Waals surface area (Å²) in [6.07, 6.45) is 2.64. The smallest absolute Gasteiger partial charge is 0.0612 e. The maximum atomic E-state index is 5.83. The van der Waals surface area contributed by atoms with Crippen molar-refractivity contribution in [2.45, 2.75) is 51.8 Å². The van der Waals surface area contributed by atoms with Crippen molar-refractivity contribution >= 4 is 15.9 Å². The summed E-state index contributed by atoms with van der Waals surface area (Å²) in [5, 5.41) is 3.74. The maximum Gasteiger partial charge on any atom is 0.0612 e. The van der Waals surface area contributed by atoms with E-state index in [0.29, 0.717) is 24.1 Å². The molecular weight excluding hydrogens is 302 g/mol. The van der Waals surface area contributed by atoms with Crippen LogP contribution in [0.3, 0.4) is 0 Å². The standard InChI is InChI=1S/C16H24BrNO/c1-11(2)16-10-15(8-9-19-16)18-12(3)13-4-6-14(17)7-5-13/h4-7,11-12,15-16,18H,8-10H2,1-3H3/t12-,15?,16?/m0/s1. The molecule has 1 saturated heterocycles. The highest BCUT2D eigenvalue weighted by molar-refractivity contribution is 9.10. The van der Waals surface area contributed by atoms with Gasteiger partial charge < -0.3 is 10.1 Å². The Hall–Kier alpha value is -0.380. The van der Waals surface area contributed by atoms with Crippen LogP contribution in [0.4, 0.5) is 0 Å². The molecule has 106 valence electrons. The largest absolute Gasteiger partial charge is 0.378 e. The van der Waals surface area contributed by atoms with Crippen molar-refractivity contribution in [3.05, 3.63) is 34.3 Å². The van der Waals surface area contributed by atoms with Gasteiger partial charge in [0.1, 0.15) is 0 Å². The summed E-state index contributed by atoms with van der Waals surface area (Å²) in [6.45, 7) is 7.60. The molecule has 3 atom stereocenters. The van der Waals surface area contributed by atoms with E-state index in [1.807, 2.05) is 0 Å². The normalized spacial score (nSPS) is 25.5. The summed E-state index contributed by atoms with van der Waals surface area (Å²) in [7, 11) is 0. The summed E-state index contributed by atoms with van der Waals surface area (Å²) in [4.78, 5) is 0. The second-order valence-electron chi connectivity index (χ2n) is 5.81. The molecule has 0 radical (unpaired) electrons. The summed E-state index contributed by atoms with van der Waals surface area (Å²) >= 11 is 3.48. The van der Waals surface area contributed by atoms with E-state index >= 15 is 0 Å². The molecule has 1 N–H and O–H groups in total. The van der Waals surface area contributed by atoms with E-state index in [2.05, 4.69) is 66.3 Å². The predicted octanol–water partition coefficient (Wildman–Crippen LogP) is 4.30. The van der Waals surface area contributed by atoms with E-state index in [4.69, 9.17) is 4.74 Å². The Morgan fingerprint density at radius 3 is 2.53 bits per heavy atom. The van der Waals surface area contributed by atoms with Crippen LogP contribution in [0.5, 0.6) is 0 Å². The third kappa shape index (κ3) is 4.30. The van der Waals surface area contributed by atoms with Crippen LogP contribution in [-0.4, -0.2) is 18.8 Å². The number of hydrogen-bond donors (Lipinski definition) is 1. The highest BCUT2D eigenvalue weighted by Gasteiger charge is 2.25. The molecule has 0 bridgehead atoms. The Morgan fingerprint density at radius 2 is 1.89 bits per heavy atom. The van der Waals surface area contributed by atoms with Crippen LogP contribution in [0.2, 0.25) is 0 Å². The van der Waals surface area contributed by atoms with Crippen molar-refractivity contribution in [1.29, 1.82) is 0 Å². The van der Waals surface area contributed by atoms with Gasteiger partial charge in [0.05, 0.1) is 6.10 Å². The number of ether oxygens (including phenoxy) is 1. The third-order valence-electron chi connectivity index (χ3n) is 3.91. The van der Waals surface area contributed by atoms with E-state index in [9.17, 15) is 0 Å². The molecule has 1 aromatic rings. The molecule has 2 unspecified atom stereocenters. The molecular formula is C16H24BrNO. The minimum Gasteiger partial charge on any atom is -0.378 e. The summed E-state index contributed by atoms with van der Waals surface area (Å²) in [5.41, 5.74) is 1.34. The summed E-state index contributed by atoms with van der Waals surface area (Å²) < 4.78 is 6.96. The second kappa shape index (κ2) is 6.87. The fraction of sp³-hybridized carbons (Fsp3) is 0.625. The van der Waals surface area contributed by atoms with Crippen LogP contribution in [0, 0.1) is 5.92 Å². The van der Waals surface area contributed by atoms with Gasteiger partial charge in [0, 0.05) is 23.2 Å². The van der Waals surface area contributed by atoms with E-state index in [1.54, 1.807) is 0 Å². The zero-order chi connectivity index (χ0) is 13.8. The third-order valence-corrected chi connectivity index (χ3v) is 4.44. The lowest BCUT2D eigenvalue weighted by Crippen LogP contribution is -2.41. The molecule has 2 nitrogen and oxygen atoms in total. The first kappa shape index (κ1) is 15.0. The molecule has 0 amide bonds. The molecule has 0 aromatic heterocycles. The van der Waals surface area contributed by atoms with Gasteiger partial charge >= 0.3 is 0 Å². The fourth-order valence-corrected chi connectivity index (χ4v) is 2.91. The lowest BCUT2D eigenvalue weighted by Gasteiger charge is -2.34. The van der Waals surface area contributed by atoms with E-state index in [1.165, 1.54) is 5.56 Å². The second-order valence-corrected chi connectivity index (χ2v) is 6.73. The van der Waals surface area contributed by atoms with Crippen molar-refractivity contribution in [2.24, 2.45) is 5.92 Å². The van der Waals surface area contributed by atoms with Gasteiger partial charge in [0.2, 0.25) is 0 Å². The van der Waals surface area contributed by atoms with Crippen molar-refractivity contribution in [1.82, 2.24) is 5.32 Å². The number of rotatable bonds is 4. The minimum atomic E-state index is 0.393. The van der Waals surface area contributed by atoms with Crippen LogP contribution in [0.25, 0.3) is 0 Å². The fourth-order valence-electron chi connectivity index (χ4n) is 2.65. The average Bonchev–Trinajstić information content (AvgIpc) is 2.39. The highest BCUT2D eigenvalue weighted by Crippen LogP contribution is 2.23. The Labute approximate surface area is 125 Å². The highest BCUT2D eigenvalue weighted by atomic mass is 79.9. The van der Waals surface area contributed by atoms with E-state index in [-0.39, 0.29) is 0 Å². The van der Waals surface area contributed by atoms with Gasteiger partial charge in [-0.2, -0.15) is 0 Å². The Morgan fingerprint density at radius 1 is 1.21 bits per heavy atom. The molecule has 1 aliphatic rings. The van der Waals surface area contributed by atoms with Gasteiger partial charge in [0.15, 0.2) is 0 Å². The number of hydrogen-bond acceptors (Lipinski definition) is 2. The van der Waals surface area contributed by atoms with Crippen molar-refractivity contribution < 1.29 is 4.74 Å². The van der Waals surface area contributed by atoms with Gasteiger partial charge in [-0.25, -0.2) is 0 Å². The predicted molar refractivity (Wildman–Crippen MR) is 83.3 cm³/mol. The van der Waals surface area contributed by atoms with Crippen molar-refractivity contribution in [3.63, 3.8) is 0 Å². The van der Waals surface area contributed by atoms with E-state index in [0.717, 1.165) is 23.9 Å². The zero-order valence-electron chi connectivity index (χ0n) is 12.0. The van der Waals surface area contributed by atoms with Gasteiger partial charge in [-0.3, -0.25) is 0 Å². The first-order valence-corrected chi connectivity index (χ1v) is 7.98. The molecule has 19 heavy (non-hydrogen) atoms. The van der Waals surface area contributed by atoms with Gasteiger partial charge in [-0.15, -0.1) is 0 Å². The van der Waals surface area contributed by atoms with Crippen LogP contribution >= 0.6 is 15.9 Å². The molecule has 1 fully saturated rings. The summed E-state index contributed by atoms with van der Waals surface area (Å²) in [6, 6.07) is 9.54. The van der Waals surface area contributed by atoms with E-state index < -0.39 is 0 Å². The van der Waals surface area contributed by atoms with Crippen LogP contribution < -0.4 is 5.32 Å². The monoisotopic (exact) mass is 325 g/mol. The number of nitrogens with one attached hydrogen (secondary N) is 1. The first-order valence-electron chi connectivity index (χ1n) is 7.19. The summed E-state index contributed by atoms with van der Waals surface area (Å²) in [5.74, 6) is 0.604. The van der Waals surface area contributed by atoms with Crippen LogP contribution in [0.1, 0.15) is 45.2 Å². The Bertz CT molecular complexity index is 390. The van der Waals surface area contributed by atoms with Gasteiger partial charge in [-0.05, 0) is 43.4 Å². The average molecular weight is 326 g/mol. The molecule has 0 saturated carbocycles. The first-order chi connectivity index (χ1) is 9.06. The molecule has 0 aliphatic carbocycles. The van der Waals surface area contributed by atoms with Crippen LogP contribution in [0.15, 0.2) is 28.7 Å². The quantitative estimate of drug-likeness (QED) is 0.890. The van der Waals surface area contributed by atoms with Gasteiger partial charge in [-0.1, -0.05) is 41.9 Å². The molecule has 3 heteroatoms. The van der Waals surface area contributed by atoms with Gasteiger partial charge in [0.25, 0.3) is 0 Å². The molecule has 2 rings (SSSR count). The lowest BCUT2D eigenvalue weighted by atomic mass is 9.94. The number of halogens is 1. The van der Waals surface area contributed by atoms with Crippen LogP contribution in [-0.2, 0) is 4.74 Å². The molecule has 1 aromatic carbocycles. The molecule has 1 heterocycles. The SMILES string of the molecule is CC(C)C1CC(N[C@@H](C)c2ccc(Br)cc2)CCO1. The van der Waals surface area contributed by atoms with Crippen molar-refractivity contribution in [3.8, 4) is 0 Å². The molecule has 1 aliphatic heterocycles. The van der Waals surface area contributed by atoms with Crippen molar-refractivity contribution in [2.75, 3.05) is 6.61 Å². The number of benzene rings is 1. The molecule has 0 spiro atoms. The maximum absolute atomic E-state index is 5.83. The zero-order valence-corrected chi connectivity index (χ0v) is 13.6. The topological polar surface area (TPSA) is 21.3 Å².